The first-order valence-electron chi connectivity index (χ1n) is 7.57. The highest BCUT2D eigenvalue weighted by Crippen LogP contribution is 2.27. The number of para-hydroxylation sites is 1. The van der Waals surface area contributed by atoms with Crippen molar-refractivity contribution in [1.29, 1.82) is 0 Å². The van der Waals surface area contributed by atoms with Gasteiger partial charge in [-0.1, -0.05) is 18.2 Å². The lowest BCUT2D eigenvalue weighted by molar-refractivity contribution is 0.0673. The van der Waals surface area contributed by atoms with Crippen LogP contribution < -0.4 is 5.32 Å². The highest BCUT2D eigenvalue weighted by Gasteiger charge is 2.13. The van der Waals surface area contributed by atoms with Gasteiger partial charge in [0.05, 0.1) is 16.9 Å². The molecule has 1 aromatic carbocycles. The number of nitrogens with zero attached hydrogens (tertiary/aromatic N) is 4. The minimum Gasteiger partial charge on any atom is -0.362 e. The van der Waals surface area contributed by atoms with Gasteiger partial charge in [0.15, 0.2) is 5.82 Å². The Hall–Kier alpha value is -2.87. The van der Waals surface area contributed by atoms with Crippen LogP contribution in [0.15, 0.2) is 54.2 Å². The number of imidazole rings is 1. The molecule has 4 aromatic rings. The van der Waals surface area contributed by atoms with Crippen molar-refractivity contribution in [3.05, 3.63) is 60.0 Å². The molecule has 5 nitrogen and oxygen atoms in total. The second kappa shape index (κ2) is 6.56. The van der Waals surface area contributed by atoms with Crippen LogP contribution in [0, 0.1) is 0 Å². The predicted molar refractivity (Wildman–Crippen MR) is 93.7 cm³/mol. The molecule has 8 heteroatoms. The number of nitrogens with one attached hydrogen (secondary N) is 1. The van der Waals surface area contributed by atoms with Gasteiger partial charge in [-0.05, 0) is 23.6 Å². The molecular weight excluding hydrogens is 344 g/mol. The van der Waals surface area contributed by atoms with Crippen LogP contribution in [0.2, 0.25) is 0 Å². The van der Waals surface area contributed by atoms with E-state index in [1.165, 1.54) is 12.4 Å². The summed E-state index contributed by atoms with van der Waals surface area (Å²) >= 11 is 1.55. The maximum absolute atomic E-state index is 13.0. The lowest BCUT2D eigenvalue weighted by Gasteiger charge is -2.11. The third-order valence-electron chi connectivity index (χ3n) is 3.72. The molecule has 0 unspecified atom stereocenters. The average Bonchev–Trinajstić information content (AvgIpc) is 3.31. The summed E-state index contributed by atoms with van der Waals surface area (Å²) in [4.78, 5) is 14.1. The number of thiophene rings is 1. The van der Waals surface area contributed by atoms with E-state index in [0.717, 1.165) is 20.3 Å². The Morgan fingerprint density at radius 2 is 2.00 bits per heavy atom. The third-order valence-corrected chi connectivity index (χ3v) is 4.58. The third kappa shape index (κ3) is 3.08. The molecule has 1 N–H and O–H groups in total. The molecule has 0 fully saturated rings. The Bertz CT molecular complexity index is 997. The number of halogens is 2. The summed E-state index contributed by atoms with van der Waals surface area (Å²) in [6, 6.07) is 11.5. The van der Waals surface area contributed by atoms with Crippen LogP contribution in [0.1, 0.15) is 12.4 Å². The standard InChI is InChI=1S/C17H13F2N5S/c18-17(19)24-8-7-20-14(24)10-21-15-11-4-1-2-5-12(11)22-16(23-15)13-6-3-9-25-13/h1-9,17H,10H2,(H,21,22,23). The molecule has 0 atom stereocenters. The monoisotopic (exact) mass is 357 g/mol. The molecule has 0 spiro atoms. The number of benzene rings is 1. The number of rotatable bonds is 5. The second-order valence-electron chi connectivity index (χ2n) is 5.27. The number of fused-ring (bicyclic) bond motifs is 1. The average molecular weight is 357 g/mol. The van der Waals surface area contributed by atoms with E-state index in [9.17, 15) is 8.78 Å². The number of hydrogen-bond donors (Lipinski definition) is 1. The zero-order valence-corrected chi connectivity index (χ0v) is 13.8. The molecule has 0 amide bonds. The van der Waals surface area contributed by atoms with E-state index in [0.29, 0.717) is 11.6 Å². The van der Waals surface area contributed by atoms with E-state index < -0.39 is 6.55 Å². The Labute approximate surface area is 146 Å². The fourth-order valence-electron chi connectivity index (χ4n) is 2.55. The number of alkyl halides is 2. The second-order valence-corrected chi connectivity index (χ2v) is 6.22. The van der Waals surface area contributed by atoms with E-state index in [2.05, 4.69) is 20.3 Å². The van der Waals surface area contributed by atoms with Crippen molar-refractivity contribution in [2.45, 2.75) is 13.1 Å². The highest BCUT2D eigenvalue weighted by molar-refractivity contribution is 7.13. The molecule has 3 aromatic heterocycles. The maximum Gasteiger partial charge on any atom is 0.319 e. The molecule has 0 bridgehead atoms. The molecule has 0 aliphatic heterocycles. The fourth-order valence-corrected chi connectivity index (χ4v) is 3.21. The van der Waals surface area contributed by atoms with E-state index in [4.69, 9.17) is 0 Å². The first kappa shape index (κ1) is 15.6. The van der Waals surface area contributed by atoms with Gasteiger partial charge in [0.1, 0.15) is 11.6 Å². The molecular formula is C17H13F2N5S. The fraction of sp³-hybridized carbons (Fsp3) is 0.118. The van der Waals surface area contributed by atoms with Crippen molar-refractivity contribution in [3.8, 4) is 10.7 Å². The maximum atomic E-state index is 13.0. The van der Waals surface area contributed by atoms with Crippen LogP contribution in [0.5, 0.6) is 0 Å². The minimum absolute atomic E-state index is 0.141. The Balaban J connectivity index is 1.71. The molecule has 0 saturated heterocycles. The van der Waals surface area contributed by atoms with Crippen molar-refractivity contribution >= 4 is 28.1 Å². The highest BCUT2D eigenvalue weighted by atomic mass is 32.1. The van der Waals surface area contributed by atoms with Gasteiger partial charge in [0.25, 0.3) is 0 Å². The van der Waals surface area contributed by atoms with Gasteiger partial charge in [0.2, 0.25) is 0 Å². The number of anilines is 1. The summed E-state index contributed by atoms with van der Waals surface area (Å²) in [5, 5.41) is 5.91. The number of aromatic nitrogens is 4. The van der Waals surface area contributed by atoms with Crippen LogP contribution in [0.3, 0.4) is 0 Å². The minimum atomic E-state index is -2.62. The van der Waals surface area contributed by atoms with Crippen LogP contribution in [-0.2, 0) is 6.54 Å². The first-order valence-corrected chi connectivity index (χ1v) is 8.45. The predicted octanol–water partition coefficient (Wildman–Crippen LogP) is 4.56. The van der Waals surface area contributed by atoms with Gasteiger partial charge in [-0.3, -0.25) is 4.57 Å². The Kier molecular flexibility index (Phi) is 4.10. The summed E-state index contributed by atoms with van der Waals surface area (Å²) in [5.41, 5.74) is 0.792. The summed E-state index contributed by atoms with van der Waals surface area (Å²) in [7, 11) is 0. The van der Waals surface area contributed by atoms with Gasteiger partial charge < -0.3 is 5.32 Å². The zero-order chi connectivity index (χ0) is 17.2. The van der Waals surface area contributed by atoms with E-state index in [-0.39, 0.29) is 12.4 Å². The summed E-state index contributed by atoms with van der Waals surface area (Å²) < 4.78 is 26.8. The molecule has 126 valence electrons. The van der Waals surface area contributed by atoms with Crippen molar-refractivity contribution < 1.29 is 8.78 Å². The summed E-state index contributed by atoms with van der Waals surface area (Å²) in [6.07, 6.45) is 2.62. The molecule has 3 heterocycles. The Morgan fingerprint density at radius 1 is 1.12 bits per heavy atom. The zero-order valence-electron chi connectivity index (χ0n) is 12.9. The van der Waals surface area contributed by atoms with E-state index in [1.807, 2.05) is 41.8 Å². The lowest BCUT2D eigenvalue weighted by Crippen LogP contribution is -2.10. The van der Waals surface area contributed by atoms with Crippen LogP contribution in [-0.4, -0.2) is 19.5 Å². The van der Waals surface area contributed by atoms with Crippen LogP contribution in [0.4, 0.5) is 14.6 Å². The van der Waals surface area contributed by atoms with Crippen LogP contribution in [0.25, 0.3) is 21.6 Å². The van der Waals surface area contributed by atoms with Gasteiger partial charge in [0, 0.05) is 17.8 Å². The molecule has 0 aliphatic rings. The normalized spacial score (nSPS) is 11.3. The quantitative estimate of drug-likeness (QED) is 0.569. The van der Waals surface area contributed by atoms with Crippen molar-refractivity contribution in [2.24, 2.45) is 0 Å². The lowest BCUT2D eigenvalue weighted by atomic mass is 10.2. The summed E-state index contributed by atoms with van der Waals surface area (Å²) in [6.45, 7) is -2.48. The first-order chi connectivity index (χ1) is 12.2. The van der Waals surface area contributed by atoms with Crippen molar-refractivity contribution in [2.75, 3.05) is 5.32 Å². The van der Waals surface area contributed by atoms with Gasteiger partial charge in [-0.2, -0.15) is 8.78 Å². The smallest absolute Gasteiger partial charge is 0.319 e. The van der Waals surface area contributed by atoms with E-state index >= 15 is 0 Å². The largest absolute Gasteiger partial charge is 0.362 e. The van der Waals surface area contributed by atoms with E-state index in [1.54, 1.807) is 11.3 Å². The topological polar surface area (TPSA) is 55.6 Å². The SMILES string of the molecule is FC(F)n1ccnc1CNc1nc(-c2cccs2)nc2ccccc12. The van der Waals surface area contributed by atoms with Crippen molar-refractivity contribution in [3.63, 3.8) is 0 Å². The van der Waals surface area contributed by atoms with Gasteiger partial charge >= 0.3 is 6.55 Å². The molecule has 25 heavy (non-hydrogen) atoms. The molecule has 4 rings (SSSR count). The van der Waals surface area contributed by atoms with Gasteiger partial charge in [-0.25, -0.2) is 15.0 Å². The molecule has 0 radical (unpaired) electrons. The Morgan fingerprint density at radius 3 is 2.80 bits per heavy atom. The molecule has 0 saturated carbocycles. The molecule has 0 aliphatic carbocycles. The van der Waals surface area contributed by atoms with Crippen molar-refractivity contribution in [1.82, 2.24) is 19.5 Å². The van der Waals surface area contributed by atoms with Crippen LogP contribution >= 0.6 is 11.3 Å². The van der Waals surface area contributed by atoms with Gasteiger partial charge in [-0.15, -0.1) is 11.3 Å². The number of hydrogen-bond acceptors (Lipinski definition) is 5. The summed E-state index contributed by atoms with van der Waals surface area (Å²) in [5.74, 6) is 1.45.